The van der Waals surface area contributed by atoms with Crippen molar-refractivity contribution >= 4 is 11.8 Å². The lowest BCUT2D eigenvalue weighted by atomic mass is 9.95. The molecular formula is C15H22N2O4. The average Bonchev–Trinajstić information content (AvgIpc) is 2.99. The smallest absolute Gasteiger partial charge is 0.257 e. The zero-order valence-corrected chi connectivity index (χ0v) is 12.5. The molecule has 1 aliphatic rings. The molecule has 2 heterocycles. The zero-order valence-electron chi connectivity index (χ0n) is 12.5. The van der Waals surface area contributed by atoms with Gasteiger partial charge in [-0.25, -0.2) is 0 Å². The van der Waals surface area contributed by atoms with E-state index in [9.17, 15) is 14.7 Å². The molecule has 6 heteroatoms. The minimum Gasteiger partial charge on any atom is -0.472 e. The van der Waals surface area contributed by atoms with Gasteiger partial charge < -0.3 is 19.3 Å². The number of likely N-dealkylation sites (N-methyl/N-ethyl adjacent to an activating group) is 1. The second kappa shape index (κ2) is 6.76. The first kappa shape index (κ1) is 15.6. The highest BCUT2D eigenvalue weighted by Crippen LogP contribution is 2.21. The monoisotopic (exact) mass is 294 g/mol. The van der Waals surface area contributed by atoms with Crippen LogP contribution in [0, 0.1) is 5.92 Å². The van der Waals surface area contributed by atoms with E-state index in [-0.39, 0.29) is 17.7 Å². The summed E-state index contributed by atoms with van der Waals surface area (Å²) in [5, 5.41) is 9.33. The van der Waals surface area contributed by atoms with Gasteiger partial charge in [0, 0.05) is 32.6 Å². The molecule has 0 aromatic carbocycles. The normalized spacial score (nSPS) is 17.6. The molecule has 0 bridgehead atoms. The Morgan fingerprint density at radius 1 is 1.48 bits per heavy atom. The number of nitrogens with zero attached hydrogens (tertiary/aromatic N) is 2. The summed E-state index contributed by atoms with van der Waals surface area (Å²) >= 11 is 0. The summed E-state index contributed by atoms with van der Waals surface area (Å²) < 4.78 is 4.92. The SMILES string of the molecule is CC(O)CN(C)C(=O)C1CCN(C(=O)c2ccoc2)CC1. The Morgan fingerprint density at radius 2 is 2.14 bits per heavy atom. The number of amides is 2. The summed E-state index contributed by atoms with van der Waals surface area (Å²) in [6, 6.07) is 1.65. The molecule has 0 saturated carbocycles. The van der Waals surface area contributed by atoms with Crippen molar-refractivity contribution in [2.24, 2.45) is 5.92 Å². The van der Waals surface area contributed by atoms with E-state index in [0.717, 1.165) is 0 Å². The molecule has 21 heavy (non-hydrogen) atoms. The zero-order chi connectivity index (χ0) is 15.4. The third kappa shape index (κ3) is 3.85. The molecule has 1 atom stereocenters. The van der Waals surface area contributed by atoms with Gasteiger partial charge in [-0.3, -0.25) is 9.59 Å². The van der Waals surface area contributed by atoms with E-state index < -0.39 is 6.10 Å². The first-order valence-electron chi connectivity index (χ1n) is 7.23. The van der Waals surface area contributed by atoms with E-state index in [1.54, 1.807) is 29.8 Å². The molecule has 0 aliphatic carbocycles. The third-order valence-corrected chi connectivity index (χ3v) is 3.81. The lowest BCUT2D eigenvalue weighted by molar-refractivity contribution is -0.136. The highest BCUT2D eigenvalue weighted by atomic mass is 16.3. The van der Waals surface area contributed by atoms with Gasteiger partial charge in [-0.1, -0.05) is 0 Å². The molecule has 2 amide bonds. The fraction of sp³-hybridized carbons (Fsp3) is 0.600. The maximum absolute atomic E-state index is 12.2. The molecule has 0 radical (unpaired) electrons. The van der Waals surface area contributed by atoms with Gasteiger partial charge >= 0.3 is 0 Å². The van der Waals surface area contributed by atoms with Gasteiger partial charge in [0.1, 0.15) is 6.26 Å². The van der Waals surface area contributed by atoms with Crippen LogP contribution in [0.4, 0.5) is 0 Å². The molecule has 1 aromatic heterocycles. The van der Waals surface area contributed by atoms with Crippen molar-refractivity contribution in [3.8, 4) is 0 Å². The summed E-state index contributed by atoms with van der Waals surface area (Å²) in [4.78, 5) is 27.7. The second-order valence-electron chi connectivity index (χ2n) is 5.65. The van der Waals surface area contributed by atoms with Crippen LogP contribution >= 0.6 is 0 Å². The van der Waals surface area contributed by atoms with Crippen LogP contribution in [0.25, 0.3) is 0 Å². The van der Waals surface area contributed by atoms with Gasteiger partial charge in [0.25, 0.3) is 5.91 Å². The highest BCUT2D eigenvalue weighted by molar-refractivity contribution is 5.94. The fourth-order valence-electron chi connectivity index (χ4n) is 2.70. The lowest BCUT2D eigenvalue weighted by Crippen LogP contribution is -2.44. The number of carbonyl (C=O) groups is 2. The Hall–Kier alpha value is -1.82. The molecule has 2 rings (SSSR count). The van der Waals surface area contributed by atoms with Crippen molar-refractivity contribution < 1.29 is 19.1 Å². The van der Waals surface area contributed by atoms with E-state index in [1.165, 1.54) is 12.5 Å². The van der Waals surface area contributed by atoms with Crippen molar-refractivity contribution in [3.63, 3.8) is 0 Å². The summed E-state index contributed by atoms with van der Waals surface area (Å²) in [5.41, 5.74) is 0.547. The van der Waals surface area contributed by atoms with E-state index in [2.05, 4.69) is 0 Å². The standard InChI is InChI=1S/C15H22N2O4/c1-11(18)9-16(2)14(19)12-3-6-17(7-4-12)15(20)13-5-8-21-10-13/h5,8,10-12,18H,3-4,6-7,9H2,1-2H3. The molecule has 1 saturated heterocycles. The van der Waals surface area contributed by atoms with E-state index in [1.807, 2.05) is 0 Å². The Balaban J connectivity index is 1.85. The fourth-order valence-corrected chi connectivity index (χ4v) is 2.70. The van der Waals surface area contributed by atoms with Gasteiger partial charge in [-0.15, -0.1) is 0 Å². The number of rotatable bonds is 4. The van der Waals surface area contributed by atoms with Crippen LogP contribution in [0.1, 0.15) is 30.1 Å². The van der Waals surface area contributed by atoms with Gasteiger partial charge in [0.05, 0.1) is 17.9 Å². The number of aliphatic hydroxyl groups is 1. The minimum absolute atomic E-state index is 0.0475. The van der Waals surface area contributed by atoms with Gasteiger partial charge in [0.2, 0.25) is 5.91 Å². The number of furan rings is 1. The van der Waals surface area contributed by atoms with Crippen LogP contribution in [-0.2, 0) is 4.79 Å². The lowest BCUT2D eigenvalue weighted by Gasteiger charge is -2.33. The Labute approximate surface area is 124 Å². The van der Waals surface area contributed by atoms with E-state index >= 15 is 0 Å². The molecule has 1 unspecified atom stereocenters. The molecular weight excluding hydrogens is 272 g/mol. The van der Waals surface area contributed by atoms with Crippen LogP contribution in [0.15, 0.2) is 23.0 Å². The Kier molecular flexibility index (Phi) is 5.01. The summed E-state index contributed by atoms with van der Waals surface area (Å²) in [7, 11) is 1.71. The number of hydrogen-bond donors (Lipinski definition) is 1. The quantitative estimate of drug-likeness (QED) is 0.898. The molecule has 1 aliphatic heterocycles. The predicted molar refractivity (Wildman–Crippen MR) is 76.7 cm³/mol. The maximum atomic E-state index is 12.2. The van der Waals surface area contributed by atoms with Crippen molar-refractivity contribution in [3.05, 3.63) is 24.2 Å². The number of aliphatic hydroxyl groups excluding tert-OH is 1. The maximum Gasteiger partial charge on any atom is 0.257 e. The Morgan fingerprint density at radius 3 is 2.67 bits per heavy atom. The summed E-state index contributed by atoms with van der Waals surface area (Å²) in [5.74, 6) is -0.0690. The molecule has 1 aromatic rings. The first-order valence-corrected chi connectivity index (χ1v) is 7.23. The minimum atomic E-state index is -0.526. The molecule has 1 fully saturated rings. The van der Waals surface area contributed by atoms with Crippen LogP contribution in [0.3, 0.4) is 0 Å². The van der Waals surface area contributed by atoms with Crippen molar-refractivity contribution in [1.82, 2.24) is 9.80 Å². The van der Waals surface area contributed by atoms with Gasteiger partial charge in [0.15, 0.2) is 0 Å². The topological polar surface area (TPSA) is 74.0 Å². The van der Waals surface area contributed by atoms with Gasteiger partial charge in [-0.2, -0.15) is 0 Å². The summed E-state index contributed by atoms with van der Waals surface area (Å²) in [6.07, 6.45) is 3.71. The van der Waals surface area contributed by atoms with Crippen LogP contribution in [0.5, 0.6) is 0 Å². The molecule has 116 valence electrons. The number of carbonyl (C=O) groups excluding carboxylic acids is 2. The Bertz CT molecular complexity index is 476. The van der Waals surface area contributed by atoms with Gasteiger partial charge in [-0.05, 0) is 25.8 Å². The number of likely N-dealkylation sites (tertiary alicyclic amines) is 1. The third-order valence-electron chi connectivity index (χ3n) is 3.81. The predicted octanol–water partition coefficient (Wildman–Crippen LogP) is 0.971. The highest BCUT2D eigenvalue weighted by Gasteiger charge is 2.29. The van der Waals surface area contributed by atoms with Crippen LogP contribution in [0.2, 0.25) is 0 Å². The van der Waals surface area contributed by atoms with Crippen LogP contribution < -0.4 is 0 Å². The van der Waals surface area contributed by atoms with Crippen molar-refractivity contribution in [2.75, 3.05) is 26.7 Å². The average molecular weight is 294 g/mol. The first-order chi connectivity index (χ1) is 9.99. The largest absolute Gasteiger partial charge is 0.472 e. The van der Waals surface area contributed by atoms with Crippen LogP contribution in [-0.4, -0.2) is 59.5 Å². The van der Waals surface area contributed by atoms with Crippen molar-refractivity contribution in [1.29, 1.82) is 0 Å². The second-order valence-corrected chi connectivity index (χ2v) is 5.65. The summed E-state index contributed by atoms with van der Waals surface area (Å²) in [6.45, 7) is 3.15. The number of hydrogen-bond acceptors (Lipinski definition) is 4. The molecule has 1 N–H and O–H groups in total. The number of piperidine rings is 1. The molecule has 0 spiro atoms. The molecule has 6 nitrogen and oxygen atoms in total. The van der Waals surface area contributed by atoms with E-state index in [4.69, 9.17) is 4.42 Å². The van der Waals surface area contributed by atoms with E-state index in [0.29, 0.717) is 38.0 Å². The van der Waals surface area contributed by atoms with Crippen molar-refractivity contribution in [2.45, 2.75) is 25.9 Å².